The predicted octanol–water partition coefficient (Wildman–Crippen LogP) is 4.08. The zero-order valence-corrected chi connectivity index (χ0v) is 14.6. The highest BCUT2D eigenvalue weighted by molar-refractivity contribution is 7.98. The number of rotatable bonds is 8. The number of carbonyl (C=O) groups excluding carboxylic acids is 1. The van der Waals surface area contributed by atoms with Crippen LogP contribution in [0.5, 0.6) is 0 Å². The lowest BCUT2D eigenvalue weighted by Gasteiger charge is -2.15. The number of nitrogens with one attached hydrogen (secondary N) is 1. The second kappa shape index (κ2) is 9.60. The monoisotopic (exact) mass is 349 g/mol. The van der Waals surface area contributed by atoms with E-state index < -0.39 is 6.10 Å². The molecule has 3 nitrogen and oxygen atoms in total. The van der Waals surface area contributed by atoms with Crippen molar-refractivity contribution in [1.29, 1.82) is 0 Å². The van der Waals surface area contributed by atoms with E-state index in [9.17, 15) is 4.79 Å². The van der Waals surface area contributed by atoms with Crippen LogP contribution in [0.3, 0.4) is 0 Å². The number of thioether (sulfide) groups is 1. The largest absolute Gasteiger partial charge is 0.367 e. The van der Waals surface area contributed by atoms with Crippen LogP contribution in [0.2, 0.25) is 5.02 Å². The van der Waals surface area contributed by atoms with Gasteiger partial charge in [0.05, 0.1) is 0 Å². The number of amides is 1. The zero-order chi connectivity index (χ0) is 16.5. The quantitative estimate of drug-likeness (QED) is 0.730. The van der Waals surface area contributed by atoms with E-state index in [-0.39, 0.29) is 5.91 Å². The maximum absolute atomic E-state index is 12.2. The number of carbonyl (C=O) groups is 1. The average Bonchev–Trinajstić information content (AvgIpc) is 2.56. The fourth-order valence-electron chi connectivity index (χ4n) is 2.18. The topological polar surface area (TPSA) is 38.3 Å². The summed E-state index contributed by atoms with van der Waals surface area (Å²) in [6, 6.07) is 17.3. The summed E-state index contributed by atoms with van der Waals surface area (Å²) in [6.07, 6.45) is -0.561. The van der Waals surface area contributed by atoms with Crippen LogP contribution in [0.4, 0.5) is 0 Å². The molecule has 0 radical (unpaired) electrons. The van der Waals surface area contributed by atoms with Crippen molar-refractivity contribution in [1.82, 2.24) is 5.32 Å². The van der Waals surface area contributed by atoms with Crippen molar-refractivity contribution in [3.8, 4) is 0 Å². The number of hydrogen-bond donors (Lipinski definition) is 1. The van der Waals surface area contributed by atoms with Crippen LogP contribution in [-0.4, -0.2) is 25.3 Å². The normalized spacial score (nSPS) is 11.9. The molecule has 2 rings (SSSR count). The predicted molar refractivity (Wildman–Crippen MR) is 96.8 cm³/mol. The van der Waals surface area contributed by atoms with Gasteiger partial charge >= 0.3 is 0 Å². The molecule has 1 amide bonds. The third kappa shape index (κ3) is 5.90. The van der Waals surface area contributed by atoms with Crippen molar-refractivity contribution in [3.63, 3.8) is 0 Å². The molecule has 5 heteroatoms. The van der Waals surface area contributed by atoms with Gasteiger partial charge in [0, 0.05) is 30.2 Å². The van der Waals surface area contributed by atoms with Crippen LogP contribution < -0.4 is 5.32 Å². The molecule has 122 valence electrons. The van der Waals surface area contributed by atoms with Crippen molar-refractivity contribution >= 4 is 29.3 Å². The molecule has 0 saturated heterocycles. The van der Waals surface area contributed by atoms with Gasteiger partial charge < -0.3 is 10.1 Å². The summed E-state index contributed by atoms with van der Waals surface area (Å²) in [7, 11) is 1.55. The fourth-order valence-corrected chi connectivity index (χ4v) is 3.20. The van der Waals surface area contributed by atoms with Gasteiger partial charge in [0.1, 0.15) is 0 Å². The molecule has 0 unspecified atom stereocenters. The van der Waals surface area contributed by atoms with Gasteiger partial charge in [-0.2, -0.15) is 11.8 Å². The lowest BCUT2D eigenvalue weighted by Crippen LogP contribution is -2.32. The Morgan fingerprint density at radius 1 is 1.22 bits per heavy atom. The minimum absolute atomic E-state index is 0.109. The smallest absolute Gasteiger partial charge is 0.253 e. The molecule has 0 spiro atoms. The molecule has 0 aliphatic heterocycles. The summed E-state index contributed by atoms with van der Waals surface area (Å²) < 4.78 is 5.30. The van der Waals surface area contributed by atoms with E-state index in [1.807, 2.05) is 54.6 Å². The third-order valence-electron chi connectivity index (χ3n) is 3.28. The Labute approximate surface area is 146 Å². The first-order valence-electron chi connectivity index (χ1n) is 7.38. The van der Waals surface area contributed by atoms with Crippen LogP contribution in [0, 0.1) is 0 Å². The maximum Gasteiger partial charge on any atom is 0.253 e. The van der Waals surface area contributed by atoms with E-state index in [1.165, 1.54) is 5.56 Å². The van der Waals surface area contributed by atoms with Gasteiger partial charge in [-0.25, -0.2) is 0 Å². The summed E-state index contributed by atoms with van der Waals surface area (Å²) >= 11 is 7.71. The molecule has 1 atom stereocenters. The SMILES string of the molecule is CO[C@@H](C(=O)NCCSCc1cccc(Cl)c1)c1ccccc1. The highest BCUT2D eigenvalue weighted by atomic mass is 35.5. The Kier molecular flexibility index (Phi) is 7.46. The Hall–Kier alpha value is -1.49. The van der Waals surface area contributed by atoms with Crippen LogP contribution in [-0.2, 0) is 15.3 Å². The first kappa shape index (κ1) is 17.9. The highest BCUT2D eigenvalue weighted by Gasteiger charge is 2.18. The Morgan fingerprint density at radius 3 is 2.70 bits per heavy atom. The molecule has 0 bridgehead atoms. The molecule has 2 aromatic carbocycles. The minimum Gasteiger partial charge on any atom is -0.367 e. The van der Waals surface area contributed by atoms with Gasteiger partial charge in [0.2, 0.25) is 0 Å². The molecule has 0 saturated carbocycles. The number of methoxy groups -OCH3 is 1. The van der Waals surface area contributed by atoms with Crippen molar-refractivity contribution in [3.05, 3.63) is 70.7 Å². The zero-order valence-electron chi connectivity index (χ0n) is 13.0. The van der Waals surface area contributed by atoms with Crippen molar-refractivity contribution in [2.75, 3.05) is 19.4 Å². The van der Waals surface area contributed by atoms with Gasteiger partial charge in [0.15, 0.2) is 6.10 Å². The van der Waals surface area contributed by atoms with Gasteiger partial charge in [-0.1, -0.05) is 54.1 Å². The first-order valence-corrected chi connectivity index (χ1v) is 8.91. The number of ether oxygens (including phenoxy) is 1. The van der Waals surface area contributed by atoms with E-state index in [1.54, 1.807) is 18.9 Å². The van der Waals surface area contributed by atoms with Crippen LogP contribution >= 0.6 is 23.4 Å². The molecule has 23 heavy (non-hydrogen) atoms. The molecule has 0 aliphatic rings. The summed E-state index contributed by atoms with van der Waals surface area (Å²) in [5, 5.41) is 3.67. The fraction of sp³-hybridized carbons (Fsp3) is 0.278. The summed E-state index contributed by atoms with van der Waals surface area (Å²) in [4.78, 5) is 12.2. The standard InChI is InChI=1S/C18H20ClNO2S/c1-22-17(15-7-3-2-4-8-15)18(21)20-10-11-23-13-14-6-5-9-16(19)12-14/h2-9,12,17H,10-11,13H2,1H3,(H,20,21)/t17-/m1/s1. The van der Waals surface area contributed by atoms with Gasteiger partial charge in [0.25, 0.3) is 5.91 Å². The summed E-state index contributed by atoms with van der Waals surface area (Å²) in [5.41, 5.74) is 2.05. The van der Waals surface area contributed by atoms with E-state index in [4.69, 9.17) is 16.3 Å². The van der Waals surface area contributed by atoms with E-state index >= 15 is 0 Å². The Balaban J connectivity index is 1.72. The molecular weight excluding hydrogens is 330 g/mol. The third-order valence-corrected chi connectivity index (χ3v) is 4.54. The van der Waals surface area contributed by atoms with E-state index in [0.29, 0.717) is 6.54 Å². The average molecular weight is 350 g/mol. The minimum atomic E-state index is -0.561. The second-order valence-corrected chi connectivity index (χ2v) is 6.54. The second-order valence-electron chi connectivity index (χ2n) is 5.00. The van der Waals surface area contributed by atoms with Crippen LogP contribution in [0.15, 0.2) is 54.6 Å². The van der Waals surface area contributed by atoms with Crippen LogP contribution in [0.1, 0.15) is 17.2 Å². The van der Waals surface area contributed by atoms with Gasteiger partial charge in [-0.05, 0) is 23.3 Å². The lowest BCUT2D eigenvalue weighted by molar-refractivity contribution is -0.131. The number of benzene rings is 2. The molecule has 0 aromatic heterocycles. The van der Waals surface area contributed by atoms with E-state index in [2.05, 4.69) is 5.32 Å². The lowest BCUT2D eigenvalue weighted by atomic mass is 10.1. The van der Waals surface area contributed by atoms with Gasteiger partial charge in [-0.15, -0.1) is 0 Å². The first-order chi connectivity index (χ1) is 11.2. The number of halogens is 1. The van der Waals surface area contributed by atoms with Crippen molar-refractivity contribution in [2.45, 2.75) is 11.9 Å². The molecular formula is C18H20ClNO2S. The summed E-state index contributed by atoms with van der Waals surface area (Å²) in [6.45, 7) is 0.608. The van der Waals surface area contributed by atoms with E-state index in [0.717, 1.165) is 22.1 Å². The molecule has 0 heterocycles. The maximum atomic E-state index is 12.2. The summed E-state index contributed by atoms with van der Waals surface area (Å²) in [5.74, 6) is 1.61. The Bertz CT molecular complexity index is 621. The molecule has 0 aliphatic carbocycles. The van der Waals surface area contributed by atoms with Gasteiger partial charge in [-0.3, -0.25) is 4.79 Å². The van der Waals surface area contributed by atoms with Crippen molar-refractivity contribution < 1.29 is 9.53 Å². The Morgan fingerprint density at radius 2 is 2.00 bits per heavy atom. The molecule has 0 fully saturated rings. The highest BCUT2D eigenvalue weighted by Crippen LogP contribution is 2.17. The number of hydrogen-bond acceptors (Lipinski definition) is 3. The molecule has 1 N–H and O–H groups in total. The van der Waals surface area contributed by atoms with Crippen LogP contribution in [0.25, 0.3) is 0 Å². The van der Waals surface area contributed by atoms with Crippen molar-refractivity contribution in [2.24, 2.45) is 0 Å². The molecule has 2 aromatic rings.